The molecule has 1 aliphatic heterocycles. The van der Waals surface area contributed by atoms with Crippen molar-refractivity contribution in [3.63, 3.8) is 0 Å². The Kier molecular flexibility index (Phi) is 6.60. The molecule has 0 saturated heterocycles. The number of hydrogen-bond acceptors (Lipinski definition) is 4. The lowest BCUT2D eigenvalue weighted by Gasteiger charge is -2.27. The number of guanidine groups is 1. The molecule has 1 atom stereocenters. The van der Waals surface area contributed by atoms with Gasteiger partial charge in [-0.05, 0) is 26.2 Å². The Morgan fingerprint density at radius 3 is 2.71 bits per heavy atom. The van der Waals surface area contributed by atoms with Crippen molar-refractivity contribution >= 4 is 5.96 Å². The van der Waals surface area contributed by atoms with Crippen LogP contribution in [0.25, 0.3) is 0 Å². The first-order chi connectivity index (χ1) is 11.5. The van der Waals surface area contributed by atoms with E-state index in [2.05, 4.69) is 32.6 Å². The third kappa shape index (κ3) is 4.69. The van der Waals surface area contributed by atoms with Crippen LogP contribution in [0.5, 0.6) is 0 Å². The summed E-state index contributed by atoms with van der Waals surface area (Å²) in [5.41, 5.74) is -0.718. The normalized spacial score (nSPS) is 18.4. The van der Waals surface area contributed by atoms with Gasteiger partial charge in [-0.3, -0.25) is 4.99 Å². The van der Waals surface area contributed by atoms with E-state index in [1.54, 1.807) is 0 Å². The van der Waals surface area contributed by atoms with Crippen molar-refractivity contribution in [1.29, 1.82) is 0 Å². The molecule has 1 aliphatic rings. The van der Waals surface area contributed by atoms with E-state index >= 15 is 0 Å². The molecule has 0 radical (unpaired) electrons. The molecule has 1 aromatic heterocycles. The van der Waals surface area contributed by atoms with E-state index in [1.807, 2.05) is 25.5 Å². The second kappa shape index (κ2) is 8.46. The van der Waals surface area contributed by atoms with Crippen molar-refractivity contribution in [1.82, 2.24) is 25.4 Å². The number of nitrogens with one attached hydrogen (secondary N) is 2. The standard InChI is InChI=1S/C17H32N6O/c1-5-14-21-15-10-9-13(11-23(15)22-14)20-16(18-8-4)19-12-17(24,6-2)7-3/h13,24H,5-12H2,1-4H3,(H2,18,19,20). The van der Waals surface area contributed by atoms with Crippen molar-refractivity contribution < 1.29 is 5.11 Å². The number of nitrogens with zero attached hydrogens (tertiary/aromatic N) is 4. The fraction of sp³-hybridized carbons (Fsp3) is 0.824. The number of aliphatic hydroxyl groups is 1. The Hall–Kier alpha value is -1.63. The monoisotopic (exact) mass is 336 g/mol. The summed E-state index contributed by atoms with van der Waals surface area (Å²) >= 11 is 0. The molecule has 2 rings (SSSR count). The lowest BCUT2D eigenvalue weighted by Crippen LogP contribution is -2.47. The average Bonchev–Trinajstić information content (AvgIpc) is 3.02. The molecule has 0 saturated carbocycles. The van der Waals surface area contributed by atoms with Gasteiger partial charge in [0.25, 0.3) is 0 Å². The van der Waals surface area contributed by atoms with Crippen LogP contribution in [0, 0.1) is 0 Å². The van der Waals surface area contributed by atoms with Crippen LogP contribution in [0.15, 0.2) is 4.99 Å². The SMILES string of the molecule is CCNC(=NCC(O)(CC)CC)NC1CCc2nc(CC)nn2C1. The lowest BCUT2D eigenvalue weighted by molar-refractivity contribution is 0.0417. The molecule has 2 heterocycles. The van der Waals surface area contributed by atoms with Gasteiger partial charge in [-0.1, -0.05) is 20.8 Å². The molecule has 0 aliphatic carbocycles. The maximum Gasteiger partial charge on any atom is 0.191 e. The first-order valence-corrected chi connectivity index (χ1v) is 9.23. The molecule has 0 spiro atoms. The first kappa shape index (κ1) is 18.7. The van der Waals surface area contributed by atoms with Crippen molar-refractivity contribution in [2.45, 2.75) is 78.0 Å². The molecule has 7 nitrogen and oxygen atoms in total. The molecule has 24 heavy (non-hydrogen) atoms. The molecule has 0 fully saturated rings. The average molecular weight is 336 g/mol. The molecular weight excluding hydrogens is 304 g/mol. The van der Waals surface area contributed by atoms with E-state index in [0.29, 0.717) is 19.4 Å². The second-order valence-electron chi connectivity index (χ2n) is 6.49. The van der Waals surface area contributed by atoms with Crippen LogP contribution in [0.2, 0.25) is 0 Å². The van der Waals surface area contributed by atoms with Gasteiger partial charge in [0.2, 0.25) is 0 Å². The predicted octanol–water partition coefficient (Wildman–Crippen LogP) is 1.26. The van der Waals surface area contributed by atoms with E-state index in [9.17, 15) is 5.11 Å². The third-order valence-corrected chi connectivity index (χ3v) is 4.75. The molecule has 7 heteroatoms. The Labute approximate surface area is 145 Å². The third-order valence-electron chi connectivity index (χ3n) is 4.75. The fourth-order valence-corrected chi connectivity index (χ4v) is 2.84. The van der Waals surface area contributed by atoms with Crippen LogP contribution in [-0.2, 0) is 19.4 Å². The molecule has 1 aromatic rings. The van der Waals surface area contributed by atoms with Crippen LogP contribution in [0.3, 0.4) is 0 Å². The van der Waals surface area contributed by atoms with Gasteiger partial charge >= 0.3 is 0 Å². The van der Waals surface area contributed by atoms with Crippen molar-refractivity contribution in [3.05, 3.63) is 11.6 Å². The molecule has 3 N–H and O–H groups in total. The van der Waals surface area contributed by atoms with Crippen molar-refractivity contribution in [2.75, 3.05) is 13.1 Å². The second-order valence-corrected chi connectivity index (χ2v) is 6.49. The molecule has 0 amide bonds. The highest BCUT2D eigenvalue weighted by Gasteiger charge is 2.24. The smallest absolute Gasteiger partial charge is 0.191 e. The Morgan fingerprint density at radius 1 is 1.33 bits per heavy atom. The van der Waals surface area contributed by atoms with Gasteiger partial charge in [0.05, 0.1) is 18.7 Å². The van der Waals surface area contributed by atoms with Crippen LogP contribution in [0.4, 0.5) is 0 Å². The van der Waals surface area contributed by atoms with E-state index in [4.69, 9.17) is 0 Å². The Morgan fingerprint density at radius 2 is 2.08 bits per heavy atom. The Balaban J connectivity index is 2.00. The largest absolute Gasteiger partial charge is 0.388 e. The maximum atomic E-state index is 10.4. The van der Waals surface area contributed by atoms with Crippen LogP contribution in [0.1, 0.15) is 58.6 Å². The van der Waals surface area contributed by atoms with Gasteiger partial charge in [0.1, 0.15) is 5.82 Å². The van der Waals surface area contributed by atoms with E-state index in [-0.39, 0.29) is 6.04 Å². The zero-order valence-electron chi connectivity index (χ0n) is 15.5. The molecule has 0 aromatic carbocycles. The highest BCUT2D eigenvalue weighted by Crippen LogP contribution is 2.15. The van der Waals surface area contributed by atoms with Crippen LogP contribution >= 0.6 is 0 Å². The quantitative estimate of drug-likeness (QED) is 0.515. The summed E-state index contributed by atoms with van der Waals surface area (Å²) in [5.74, 6) is 2.77. The van der Waals surface area contributed by atoms with Crippen LogP contribution < -0.4 is 10.6 Å². The number of hydrogen-bond donors (Lipinski definition) is 3. The maximum absolute atomic E-state index is 10.4. The fourth-order valence-electron chi connectivity index (χ4n) is 2.84. The summed E-state index contributed by atoms with van der Waals surface area (Å²) in [5, 5.41) is 21.7. The molecule has 1 unspecified atom stereocenters. The molecule has 0 bridgehead atoms. The zero-order chi connectivity index (χ0) is 17.6. The summed E-state index contributed by atoms with van der Waals surface area (Å²) in [6, 6.07) is 0.276. The van der Waals surface area contributed by atoms with E-state index in [1.165, 1.54) is 0 Å². The lowest BCUT2D eigenvalue weighted by atomic mass is 9.98. The highest BCUT2D eigenvalue weighted by atomic mass is 16.3. The van der Waals surface area contributed by atoms with E-state index < -0.39 is 5.60 Å². The minimum atomic E-state index is -0.718. The van der Waals surface area contributed by atoms with Gasteiger partial charge < -0.3 is 15.7 Å². The van der Waals surface area contributed by atoms with Gasteiger partial charge in [0, 0.05) is 25.4 Å². The van der Waals surface area contributed by atoms with E-state index in [0.717, 1.165) is 50.0 Å². The minimum absolute atomic E-state index is 0.276. The summed E-state index contributed by atoms with van der Waals surface area (Å²) < 4.78 is 2.01. The van der Waals surface area contributed by atoms with Gasteiger partial charge in [-0.25, -0.2) is 9.67 Å². The topological polar surface area (TPSA) is 87.4 Å². The number of rotatable bonds is 7. The minimum Gasteiger partial charge on any atom is -0.388 e. The zero-order valence-corrected chi connectivity index (χ0v) is 15.5. The highest BCUT2D eigenvalue weighted by molar-refractivity contribution is 5.80. The summed E-state index contributed by atoms with van der Waals surface area (Å²) in [6.45, 7) is 10.1. The Bertz CT molecular complexity index is 549. The number of fused-ring (bicyclic) bond motifs is 1. The van der Waals surface area contributed by atoms with Gasteiger partial charge in [-0.2, -0.15) is 5.10 Å². The first-order valence-electron chi connectivity index (χ1n) is 9.23. The number of aryl methyl sites for hydroxylation is 2. The van der Waals surface area contributed by atoms with Crippen molar-refractivity contribution in [2.24, 2.45) is 4.99 Å². The number of aliphatic imine (C=N–C) groups is 1. The van der Waals surface area contributed by atoms with Gasteiger partial charge in [-0.15, -0.1) is 0 Å². The summed E-state index contributed by atoms with van der Waals surface area (Å²) in [6.07, 6.45) is 4.22. The predicted molar refractivity (Wildman–Crippen MR) is 96.2 cm³/mol. The summed E-state index contributed by atoms with van der Waals surface area (Å²) in [4.78, 5) is 9.15. The van der Waals surface area contributed by atoms with Gasteiger partial charge in [0.15, 0.2) is 11.8 Å². The van der Waals surface area contributed by atoms with Crippen molar-refractivity contribution in [3.8, 4) is 0 Å². The van der Waals surface area contributed by atoms with Crippen LogP contribution in [-0.4, -0.2) is 50.6 Å². The molecular formula is C17H32N6O. The molecule has 136 valence electrons. The number of aromatic nitrogens is 3. The summed E-state index contributed by atoms with van der Waals surface area (Å²) in [7, 11) is 0.